The van der Waals surface area contributed by atoms with Crippen molar-refractivity contribution in [3.63, 3.8) is 0 Å². The highest BCUT2D eigenvalue weighted by molar-refractivity contribution is 6.38. The summed E-state index contributed by atoms with van der Waals surface area (Å²) in [4.78, 5) is 0. The SMILES string of the molecule is OCc1nnc(-c2c(Cl)cccc2Cl)n1C1CC1. The van der Waals surface area contributed by atoms with E-state index in [4.69, 9.17) is 23.2 Å². The number of benzene rings is 1. The summed E-state index contributed by atoms with van der Waals surface area (Å²) in [6, 6.07) is 5.68. The molecule has 4 nitrogen and oxygen atoms in total. The quantitative estimate of drug-likeness (QED) is 0.942. The van der Waals surface area contributed by atoms with Crippen LogP contribution < -0.4 is 0 Å². The maximum atomic E-state index is 9.30. The highest BCUT2D eigenvalue weighted by atomic mass is 35.5. The molecular formula is C12H11Cl2N3O. The molecule has 1 saturated carbocycles. The summed E-state index contributed by atoms with van der Waals surface area (Å²) in [5.74, 6) is 1.20. The minimum Gasteiger partial charge on any atom is -0.388 e. The topological polar surface area (TPSA) is 50.9 Å². The van der Waals surface area contributed by atoms with Gasteiger partial charge in [0.25, 0.3) is 0 Å². The molecule has 1 aromatic heterocycles. The molecule has 0 unspecified atom stereocenters. The van der Waals surface area contributed by atoms with Crippen molar-refractivity contribution in [3.8, 4) is 11.4 Å². The van der Waals surface area contributed by atoms with Crippen LogP contribution in [0.4, 0.5) is 0 Å². The molecule has 0 radical (unpaired) electrons. The molecule has 18 heavy (non-hydrogen) atoms. The second-order valence-electron chi connectivity index (χ2n) is 4.30. The fourth-order valence-corrected chi connectivity index (χ4v) is 2.60. The van der Waals surface area contributed by atoms with E-state index in [1.54, 1.807) is 18.2 Å². The second-order valence-corrected chi connectivity index (χ2v) is 5.11. The molecule has 0 spiro atoms. The lowest BCUT2D eigenvalue weighted by Crippen LogP contribution is -2.03. The molecule has 94 valence electrons. The molecule has 0 amide bonds. The Labute approximate surface area is 114 Å². The molecule has 1 aromatic carbocycles. The van der Waals surface area contributed by atoms with E-state index in [9.17, 15) is 5.11 Å². The summed E-state index contributed by atoms with van der Waals surface area (Å²) in [5, 5.41) is 18.5. The standard InChI is InChI=1S/C12H11Cl2N3O/c13-8-2-1-3-9(14)11(8)12-16-15-10(6-18)17(12)7-4-5-7/h1-3,7,18H,4-6H2. The molecule has 3 rings (SSSR count). The van der Waals surface area contributed by atoms with E-state index in [0.717, 1.165) is 12.8 Å². The van der Waals surface area contributed by atoms with E-state index in [-0.39, 0.29) is 6.61 Å². The van der Waals surface area contributed by atoms with Crippen molar-refractivity contribution in [1.82, 2.24) is 14.8 Å². The van der Waals surface area contributed by atoms with Crippen LogP contribution in [0.3, 0.4) is 0 Å². The Morgan fingerprint density at radius 1 is 1.22 bits per heavy atom. The first kappa shape index (κ1) is 12.0. The second kappa shape index (κ2) is 4.53. The van der Waals surface area contributed by atoms with Crippen molar-refractivity contribution in [2.45, 2.75) is 25.5 Å². The van der Waals surface area contributed by atoms with Gasteiger partial charge in [0, 0.05) is 6.04 Å². The van der Waals surface area contributed by atoms with Crippen LogP contribution in [0.1, 0.15) is 24.7 Å². The number of halogens is 2. The lowest BCUT2D eigenvalue weighted by atomic mass is 10.2. The minimum atomic E-state index is -0.133. The summed E-state index contributed by atoms with van der Waals surface area (Å²) in [6.45, 7) is -0.133. The van der Waals surface area contributed by atoms with E-state index < -0.39 is 0 Å². The predicted molar refractivity (Wildman–Crippen MR) is 69.7 cm³/mol. The van der Waals surface area contributed by atoms with Crippen LogP contribution in [-0.2, 0) is 6.61 Å². The van der Waals surface area contributed by atoms with E-state index >= 15 is 0 Å². The first-order valence-corrected chi connectivity index (χ1v) is 6.47. The molecule has 0 atom stereocenters. The molecule has 1 fully saturated rings. The normalized spacial score (nSPS) is 15.1. The molecule has 2 aromatic rings. The van der Waals surface area contributed by atoms with Crippen molar-refractivity contribution in [3.05, 3.63) is 34.1 Å². The molecule has 0 aliphatic heterocycles. The van der Waals surface area contributed by atoms with Crippen molar-refractivity contribution in [2.24, 2.45) is 0 Å². The van der Waals surface area contributed by atoms with Gasteiger partial charge in [-0.1, -0.05) is 29.3 Å². The Morgan fingerprint density at radius 3 is 2.44 bits per heavy atom. The van der Waals surface area contributed by atoms with Crippen LogP contribution in [0.5, 0.6) is 0 Å². The third kappa shape index (κ3) is 1.90. The van der Waals surface area contributed by atoms with Gasteiger partial charge in [-0.05, 0) is 25.0 Å². The molecule has 1 aliphatic carbocycles. The lowest BCUT2D eigenvalue weighted by Gasteiger charge is -2.10. The fourth-order valence-electron chi connectivity index (χ4n) is 2.03. The van der Waals surface area contributed by atoms with Crippen LogP contribution in [0.2, 0.25) is 10.0 Å². The van der Waals surface area contributed by atoms with Crippen molar-refractivity contribution < 1.29 is 5.11 Å². The average molecular weight is 284 g/mol. The summed E-state index contributed by atoms with van der Waals surface area (Å²) in [6.07, 6.45) is 2.14. The molecule has 1 heterocycles. The van der Waals surface area contributed by atoms with Crippen molar-refractivity contribution >= 4 is 23.2 Å². The molecule has 1 aliphatic rings. The van der Waals surface area contributed by atoms with Crippen LogP contribution in [0.25, 0.3) is 11.4 Å². The smallest absolute Gasteiger partial charge is 0.167 e. The van der Waals surface area contributed by atoms with Gasteiger partial charge in [-0.2, -0.15) is 0 Å². The van der Waals surface area contributed by atoms with E-state index in [0.29, 0.717) is 33.3 Å². The largest absolute Gasteiger partial charge is 0.388 e. The minimum absolute atomic E-state index is 0.133. The third-order valence-corrected chi connectivity index (χ3v) is 3.64. The predicted octanol–water partition coefficient (Wildman–Crippen LogP) is 3.08. The monoisotopic (exact) mass is 283 g/mol. The highest BCUT2D eigenvalue weighted by Crippen LogP contribution is 2.41. The average Bonchev–Trinajstić information content (AvgIpc) is 3.10. The zero-order valence-corrected chi connectivity index (χ0v) is 11.0. The van der Waals surface area contributed by atoms with Gasteiger partial charge in [0.2, 0.25) is 0 Å². The van der Waals surface area contributed by atoms with Gasteiger partial charge in [-0.3, -0.25) is 0 Å². The van der Waals surface area contributed by atoms with E-state index in [2.05, 4.69) is 10.2 Å². The van der Waals surface area contributed by atoms with Crippen molar-refractivity contribution in [2.75, 3.05) is 0 Å². The zero-order chi connectivity index (χ0) is 12.7. The Balaban J connectivity index is 2.20. The Hall–Kier alpha value is -1.10. The number of nitrogens with zero attached hydrogens (tertiary/aromatic N) is 3. The van der Waals surface area contributed by atoms with Crippen LogP contribution >= 0.6 is 23.2 Å². The van der Waals surface area contributed by atoms with Gasteiger partial charge in [-0.25, -0.2) is 0 Å². The summed E-state index contributed by atoms with van der Waals surface area (Å²) in [5.41, 5.74) is 0.680. The maximum Gasteiger partial charge on any atom is 0.167 e. The fraction of sp³-hybridized carbons (Fsp3) is 0.333. The Morgan fingerprint density at radius 2 is 1.89 bits per heavy atom. The molecule has 1 N–H and O–H groups in total. The molecular weight excluding hydrogens is 273 g/mol. The number of hydrogen-bond donors (Lipinski definition) is 1. The summed E-state index contributed by atoms with van der Waals surface area (Å²) < 4.78 is 1.94. The number of aliphatic hydroxyl groups is 1. The van der Waals surface area contributed by atoms with E-state index in [1.807, 2.05) is 4.57 Å². The zero-order valence-electron chi connectivity index (χ0n) is 9.48. The molecule has 0 bridgehead atoms. The van der Waals surface area contributed by atoms with E-state index in [1.165, 1.54) is 0 Å². The van der Waals surface area contributed by atoms with Gasteiger partial charge in [0.15, 0.2) is 11.6 Å². The maximum absolute atomic E-state index is 9.30. The van der Waals surface area contributed by atoms with Crippen LogP contribution in [0.15, 0.2) is 18.2 Å². The number of aliphatic hydroxyl groups excluding tert-OH is 1. The molecule has 6 heteroatoms. The Kier molecular flexibility index (Phi) is 3.01. The van der Waals surface area contributed by atoms with Gasteiger partial charge in [0.1, 0.15) is 6.61 Å². The van der Waals surface area contributed by atoms with Crippen LogP contribution in [0, 0.1) is 0 Å². The van der Waals surface area contributed by atoms with Gasteiger partial charge in [-0.15, -0.1) is 10.2 Å². The van der Waals surface area contributed by atoms with Gasteiger partial charge >= 0.3 is 0 Å². The number of hydrogen-bond acceptors (Lipinski definition) is 3. The van der Waals surface area contributed by atoms with Gasteiger partial charge in [0.05, 0.1) is 15.6 Å². The summed E-state index contributed by atoms with van der Waals surface area (Å²) >= 11 is 12.4. The number of aromatic nitrogens is 3. The van der Waals surface area contributed by atoms with Gasteiger partial charge < -0.3 is 9.67 Å². The number of rotatable bonds is 3. The summed E-state index contributed by atoms with van der Waals surface area (Å²) in [7, 11) is 0. The first-order valence-electron chi connectivity index (χ1n) is 5.71. The first-order chi connectivity index (χ1) is 8.72. The van der Waals surface area contributed by atoms with Crippen LogP contribution in [-0.4, -0.2) is 19.9 Å². The molecule has 0 saturated heterocycles. The Bertz CT molecular complexity index is 573. The van der Waals surface area contributed by atoms with Crippen molar-refractivity contribution in [1.29, 1.82) is 0 Å². The lowest BCUT2D eigenvalue weighted by molar-refractivity contribution is 0.265. The highest BCUT2D eigenvalue weighted by Gasteiger charge is 2.30. The third-order valence-electron chi connectivity index (χ3n) is 3.01.